The quantitative estimate of drug-likeness (QED) is 0.736. The molecule has 27 heavy (non-hydrogen) atoms. The van der Waals surface area contributed by atoms with E-state index >= 15 is 0 Å². The summed E-state index contributed by atoms with van der Waals surface area (Å²) in [5.74, 6) is -0.148. The van der Waals surface area contributed by atoms with Gasteiger partial charge in [0.15, 0.2) is 6.61 Å². The van der Waals surface area contributed by atoms with Gasteiger partial charge in [0.05, 0.1) is 12.2 Å². The molecule has 6 nitrogen and oxygen atoms in total. The Kier molecular flexibility index (Phi) is 6.16. The number of benzene rings is 1. The summed E-state index contributed by atoms with van der Waals surface area (Å²) in [6.07, 6.45) is 1.97. The first kappa shape index (κ1) is 19.4. The van der Waals surface area contributed by atoms with Crippen molar-refractivity contribution in [3.05, 3.63) is 52.3 Å². The van der Waals surface area contributed by atoms with E-state index in [2.05, 4.69) is 12.0 Å². The zero-order valence-electron chi connectivity index (χ0n) is 15.7. The Morgan fingerprint density at radius 2 is 1.89 bits per heavy atom. The van der Waals surface area contributed by atoms with Crippen LogP contribution in [0.1, 0.15) is 41.4 Å². The first-order valence-corrected chi connectivity index (χ1v) is 9.55. The maximum absolute atomic E-state index is 12.5. The Labute approximate surface area is 164 Å². The molecule has 0 saturated carbocycles. The minimum atomic E-state index is -0.615. The first-order valence-electron chi connectivity index (χ1n) is 9.17. The molecule has 1 aliphatic heterocycles. The summed E-state index contributed by atoms with van der Waals surface area (Å²) in [5, 5.41) is 4.56. The van der Waals surface area contributed by atoms with Gasteiger partial charge >= 0.3 is 5.97 Å². The van der Waals surface area contributed by atoms with E-state index in [4.69, 9.17) is 16.3 Å². The third kappa shape index (κ3) is 4.69. The molecule has 1 amide bonds. The number of hydrogen-bond donors (Lipinski definition) is 0. The monoisotopic (exact) mass is 389 g/mol. The van der Waals surface area contributed by atoms with Crippen LogP contribution in [0.5, 0.6) is 0 Å². The third-order valence-electron chi connectivity index (χ3n) is 4.91. The van der Waals surface area contributed by atoms with Crippen molar-refractivity contribution in [2.45, 2.75) is 33.2 Å². The van der Waals surface area contributed by atoms with Crippen molar-refractivity contribution < 1.29 is 14.3 Å². The van der Waals surface area contributed by atoms with Crippen LogP contribution in [0.25, 0.3) is 0 Å². The van der Waals surface area contributed by atoms with Gasteiger partial charge < -0.3 is 9.64 Å². The molecule has 7 heteroatoms. The predicted molar refractivity (Wildman–Crippen MR) is 103 cm³/mol. The number of carbonyl (C=O) groups is 2. The molecule has 2 aromatic rings. The van der Waals surface area contributed by atoms with Crippen LogP contribution in [0.15, 0.2) is 30.3 Å². The number of rotatable bonds is 5. The van der Waals surface area contributed by atoms with E-state index in [1.807, 2.05) is 30.3 Å². The van der Waals surface area contributed by atoms with Gasteiger partial charge in [-0.25, -0.2) is 9.48 Å². The average molecular weight is 390 g/mol. The summed E-state index contributed by atoms with van der Waals surface area (Å²) in [7, 11) is 0. The number of aromatic nitrogens is 2. The van der Waals surface area contributed by atoms with Crippen molar-refractivity contribution in [1.82, 2.24) is 14.7 Å². The Morgan fingerprint density at radius 1 is 1.22 bits per heavy atom. The van der Waals surface area contributed by atoms with Crippen molar-refractivity contribution in [3.63, 3.8) is 0 Å². The van der Waals surface area contributed by atoms with Gasteiger partial charge in [0, 0.05) is 13.1 Å². The normalized spacial score (nSPS) is 15.0. The lowest BCUT2D eigenvalue weighted by Gasteiger charge is -2.30. The average Bonchev–Trinajstić information content (AvgIpc) is 2.94. The number of hydrogen-bond acceptors (Lipinski definition) is 4. The molecule has 1 fully saturated rings. The Morgan fingerprint density at radius 3 is 2.56 bits per heavy atom. The second kappa shape index (κ2) is 8.57. The summed E-state index contributed by atoms with van der Waals surface area (Å²) in [6.45, 7) is 5.50. The molecule has 144 valence electrons. The molecule has 0 aliphatic carbocycles. The number of amides is 1. The highest BCUT2D eigenvalue weighted by Crippen LogP contribution is 2.22. The van der Waals surface area contributed by atoms with E-state index in [9.17, 15) is 9.59 Å². The van der Waals surface area contributed by atoms with Gasteiger partial charge in [0.25, 0.3) is 5.91 Å². The summed E-state index contributed by atoms with van der Waals surface area (Å²) in [6, 6.07) is 9.72. The topological polar surface area (TPSA) is 64.4 Å². The van der Waals surface area contributed by atoms with Crippen molar-refractivity contribution in [1.29, 1.82) is 0 Å². The maximum atomic E-state index is 12.5. The third-order valence-corrected chi connectivity index (χ3v) is 5.29. The molecule has 3 rings (SSSR count). The molecular weight excluding hydrogens is 366 g/mol. The minimum Gasteiger partial charge on any atom is -0.452 e. The van der Waals surface area contributed by atoms with Crippen LogP contribution in [0.4, 0.5) is 0 Å². The molecule has 0 spiro atoms. The van der Waals surface area contributed by atoms with Gasteiger partial charge in [-0.05, 0) is 31.2 Å². The minimum absolute atomic E-state index is 0.166. The largest absolute Gasteiger partial charge is 0.452 e. The molecule has 1 aromatic carbocycles. The number of esters is 1. The van der Waals surface area contributed by atoms with E-state index in [0.717, 1.165) is 18.4 Å². The SMILES string of the molecule is Cc1nn(Cc2ccccc2)c(Cl)c1C(=O)OCC(=O)N1CCC(C)CC1. The van der Waals surface area contributed by atoms with Crippen LogP contribution in [0, 0.1) is 12.8 Å². The van der Waals surface area contributed by atoms with E-state index in [-0.39, 0.29) is 23.2 Å². The van der Waals surface area contributed by atoms with Gasteiger partial charge in [0.1, 0.15) is 10.7 Å². The molecular formula is C20H24ClN3O3. The van der Waals surface area contributed by atoms with Gasteiger partial charge in [0.2, 0.25) is 0 Å². The number of nitrogens with zero attached hydrogens (tertiary/aromatic N) is 3. The highest BCUT2D eigenvalue weighted by atomic mass is 35.5. The second-order valence-corrected chi connectivity index (χ2v) is 7.39. The summed E-state index contributed by atoms with van der Waals surface area (Å²) >= 11 is 6.36. The van der Waals surface area contributed by atoms with Crippen LogP contribution in [0.3, 0.4) is 0 Å². The zero-order chi connectivity index (χ0) is 19.4. The number of carbonyl (C=O) groups excluding carboxylic acids is 2. The van der Waals surface area contributed by atoms with E-state index < -0.39 is 5.97 Å². The van der Waals surface area contributed by atoms with Crippen LogP contribution in [-0.2, 0) is 16.1 Å². The second-order valence-electron chi connectivity index (χ2n) is 7.03. The summed E-state index contributed by atoms with van der Waals surface area (Å²) in [5.41, 5.74) is 1.73. The first-order chi connectivity index (χ1) is 13.0. The summed E-state index contributed by atoms with van der Waals surface area (Å²) in [4.78, 5) is 26.5. The van der Waals surface area contributed by atoms with Crippen molar-refractivity contribution in [2.24, 2.45) is 5.92 Å². The van der Waals surface area contributed by atoms with E-state index in [1.54, 1.807) is 16.5 Å². The van der Waals surface area contributed by atoms with Crippen LogP contribution < -0.4 is 0 Å². The number of aryl methyl sites for hydroxylation is 1. The van der Waals surface area contributed by atoms with Crippen molar-refractivity contribution >= 4 is 23.5 Å². The lowest BCUT2D eigenvalue weighted by molar-refractivity contribution is -0.135. The lowest BCUT2D eigenvalue weighted by Crippen LogP contribution is -2.40. The van der Waals surface area contributed by atoms with Gasteiger partial charge in [-0.15, -0.1) is 0 Å². The van der Waals surface area contributed by atoms with E-state index in [0.29, 0.717) is 31.2 Å². The van der Waals surface area contributed by atoms with Gasteiger partial charge in [-0.1, -0.05) is 48.9 Å². The van der Waals surface area contributed by atoms with Crippen LogP contribution in [-0.4, -0.2) is 46.3 Å². The highest BCUT2D eigenvalue weighted by molar-refractivity contribution is 6.32. The molecule has 0 N–H and O–H groups in total. The van der Waals surface area contributed by atoms with Crippen LogP contribution in [0.2, 0.25) is 5.15 Å². The standard InChI is InChI=1S/C20H24ClN3O3/c1-14-8-10-23(11-9-14)17(25)13-27-20(26)18-15(2)22-24(19(18)21)12-16-6-4-3-5-7-16/h3-7,14H,8-13H2,1-2H3. The highest BCUT2D eigenvalue weighted by Gasteiger charge is 2.25. The molecule has 1 aliphatic rings. The van der Waals surface area contributed by atoms with Gasteiger partial charge in [-0.3, -0.25) is 4.79 Å². The number of likely N-dealkylation sites (tertiary alicyclic amines) is 1. The predicted octanol–water partition coefficient (Wildman–Crippen LogP) is 3.31. The Balaban J connectivity index is 1.62. The number of piperidine rings is 1. The van der Waals surface area contributed by atoms with Crippen molar-refractivity contribution in [3.8, 4) is 0 Å². The molecule has 0 bridgehead atoms. The molecule has 0 radical (unpaired) electrons. The Hall–Kier alpha value is -2.34. The fraction of sp³-hybridized carbons (Fsp3) is 0.450. The fourth-order valence-electron chi connectivity index (χ4n) is 3.20. The van der Waals surface area contributed by atoms with Crippen molar-refractivity contribution in [2.75, 3.05) is 19.7 Å². The number of halogens is 1. The Bertz CT molecular complexity index is 811. The van der Waals surface area contributed by atoms with Crippen LogP contribution >= 0.6 is 11.6 Å². The van der Waals surface area contributed by atoms with E-state index in [1.165, 1.54) is 0 Å². The number of ether oxygens (including phenoxy) is 1. The molecule has 0 atom stereocenters. The molecule has 2 heterocycles. The molecule has 0 unspecified atom stereocenters. The smallest absolute Gasteiger partial charge is 0.343 e. The fourth-order valence-corrected chi connectivity index (χ4v) is 3.51. The maximum Gasteiger partial charge on any atom is 0.343 e. The van der Waals surface area contributed by atoms with Gasteiger partial charge in [-0.2, -0.15) is 5.10 Å². The molecule has 1 saturated heterocycles. The summed E-state index contributed by atoms with van der Waals surface area (Å²) < 4.78 is 6.79. The molecule has 1 aromatic heterocycles. The lowest BCUT2D eigenvalue weighted by atomic mass is 9.99. The zero-order valence-corrected chi connectivity index (χ0v) is 16.4.